The summed E-state index contributed by atoms with van der Waals surface area (Å²) >= 11 is 3.36. The molecule has 0 fully saturated rings. The summed E-state index contributed by atoms with van der Waals surface area (Å²) in [4.78, 5) is 12.0. The molecule has 3 N–H and O–H groups in total. The number of nitrogens with zero attached hydrogens (tertiary/aromatic N) is 1. The van der Waals surface area contributed by atoms with Crippen molar-refractivity contribution >= 4 is 33.7 Å². The standard InChI is InChI=1S/C18H20BrN3O3/c1-3-25-17-9-4-13(10-16(17)23)11-20-22-18(24)12(2)21-15-7-5-14(19)6-8-15/h4-12,21,23H,3H2,1-2H3,(H,22,24)/b20-11-/t12-/m0/s1. The first kappa shape index (κ1) is 18.8. The summed E-state index contributed by atoms with van der Waals surface area (Å²) in [6.07, 6.45) is 1.46. The van der Waals surface area contributed by atoms with Gasteiger partial charge in [0, 0.05) is 10.2 Å². The normalized spacial score (nSPS) is 12.0. The highest BCUT2D eigenvalue weighted by atomic mass is 79.9. The van der Waals surface area contributed by atoms with Crippen molar-refractivity contribution in [2.75, 3.05) is 11.9 Å². The maximum absolute atomic E-state index is 12.0. The van der Waals surface area contributed by atoms with Gasteiger partial charge in [-0.3, -0.25) is 4.79 Å². The van der Waals surface area contributed by atoms with Crippen molar-refractivity contribution in [2.24, 2.45) is 5.10 Å². The summed E-state index contributed by atoms with van der Waals surface area (Å²) in [6, 6.07) is 12.0. The van der Waals surface area contributed by atoms with Crippen LogP contribution in [-0.4, -0.2) is 29.9 Å². The van der Waals surface area contributed by atoms with Gasteiger partial charge in [-0.05, 0) is 61.9 Å². The van der Waals surface area contributed by atoms with E-state index in [1.165, 1.54) is 12.3 Å². The van der Waals surface area contributed by atoms with Gasteiger partial charge in [0.2, 0.25) is 0 Å². The lowest BCUT2D eigenvalue weighted by Gasteiger charge is -2.13. The number of rotatable bonds is 7. The summed E-state index contributed by atoms with van der Waals surface area (Å²) in [5, 5.41) is 16.8. The molecule has 0 radical (unpaired) electrons. The first-order valence-corrected chi connectivity index (χ1v) is 8.59. The van der Waals surface area contributed by atoms with Crippen molar-refractivity contribution in [3.8, 4) is 11.5 Å². The number of phenols is 1. The Morgan fingerprint density at radius 1 is 1.32 bits per heavy atom. The zero-order valence-corrected chi connectivity index (χ0v) is 15.6. The van der Waals surface area contributed by atoms with Crippen molar-refractivity contribution in [1.29, 1.82) is 0 Å². The van der Waals surface area contributed by atoms with Crippen molar-refractivity contribution in [1.82, 2.24) is 5.43 Å². The van der Waals surface area contributed by atoms with Crippen molar-refractivity contribution in [3.05, 3.63) is 52.5 Å². The van der Waals surface area contributed by atoms with Gasteiger partial charge in [0.15, 0.2) is 11.5 Å². The molecule has 0 bridgehead atoms. The average molecular weight is 406 g/mol. The molecule has 132 valence electrons. The van der Waals surface area contributed by atoms with Crippen molar-refractivity contribution in [2.45, 2.75) is 19.9 Å². The minimum Gasteiger partial charge on any atom is -0.504 e. The number of phenolic OH excluding ortho intramolecular Hbond substituents is 1. The Balaban J connectivity index is 1.89. The Bertz CT molecular complexity index is 748. The van der Waals surface area contributed by atoms with E-state index in [4.69, 9.17) is 4.74 Å². The van der Waals surface area contributed by atoms with E-state index >= 15 is 0 Å². The van der Waals surface area contributed by atoms with Crippen LogP contribution in [0.1, 0.15) is 19.4 Å². The van der Waals surface area contributed by atoms with Crippen molar-refractivity contribution in [3.63, 3.8) is 0 Å². The quantitative estimate of drug-likeness (QED) is 0.486. The van der Waals surface area contributed by atoms with Crippen LogP contribution in [0.2, 0.25) is 0 Å². The Hall–Kier alpha value is -2.54. The molecule has 6 nitrogen and oxygen atoms in total. The number of amides is 1. The van der Waals surface area contributed by atoms with Crippen LogP contribution in [0.25, 0.3) is 0 Å². The highest BCUT2D eigenvalue weighted by Gasteiger charge is 2.11. The molecule has 2 aromatic rings. The molecule has 0 heterocycles. The van der Waals surface area contributed by atoms with E-state index in [-0.39, 0.29) is 11.7 Å². The molecular formula is C18H20BrN3O3. The molecule has 0 aliphatic carbocycles. The Morgan fingerprint density at radius 2 is 2.04 bits per heavy atom. The number of carbonyl (C=O) groups is 1. The van der Waals surface area contributed by atoms with E-state index in [1.807, 2.05) is 31.2 Å². The molecule has 2 aromatic carbocycles. The third kappa shape index (κ3) is 5.79. The molecule has 1 atom stereocenters. The van der Waals surface area contributed by atoms with E-state index in [0.717, 1.165) is 10.2 Å². The van der Waals surface area contributed by atoms with Gasteiger partial charge in [-0.25, -0.2) is 5.43 Å². The zero-order valence-electron chi connectivity index (χ0n) is 14.0. The molecule has 0 saturated carbocycles. The Labute approximate surface area is 155 Å². The number of anilines is 1. The number of halogens is 1. The molecule has 25 heavy (non-hydrogen) atoms. The molecule has 0 aliphatic heterocycles. The van der Waals surface area contributed by atoms with E-state index in [0.29, 0.717) is 17.9 Å². The van der Waals surface area contributed by atoms with Gasteiger partial charge in [0.25, 0.3) is 5.91 Å². The van der Waals surface area contributed by atoms with Crippen molar-refractivity contribution < 1.29 is 14.6 Å². The molecular weight excluding hydrogens is 386 g/mol. The SMILES string of the molecule is CCOc1ccc(/C=N\NC(=O)[C@H](C)Nc2ccc(Br)cc2)cc1O. The highest BCUT2D eigenvalue weighted by Crippen LogP contribution is 2.26. The average Bonchev–Trinajstić information content (AvgIpc) is 2.59. The van der Waals surface area contributed by atoms with Gasteiger partial charge >= 0.3 is 0 Å². The summed E-state index contributed by atoms with van der Waals surface area (Å²) in [5.74, 6) is 0.174. The molecule has 1 amide bonds. The van der Waals surface area contributed by atoms with Crippen LogP contribution in [0.3, 0.4) is 0 Å². The van der Waals surface area contributed by atoms with Gasteiger partial charge in [-0.15, -0.1) is 0 Å². The lowest BCUT2D eigenvalue weighted by Crippen LogP contribution is -2.34. The second-order valence-electron chi connectivity index (χ2n) is 5.27. The van der Waals surface area contributed by atoms with Gasteiger partial charge < -0.3 is 15.2 Å². The molecule has 0 unspecified atom stereocenters. The Kier molecular flexibility index (Phi) is 6.82. The van der Waals surface area contributed by atoms with E-state index < -0.39 is 6.04 Å². The summed E-state index contributed by atoms with van der Waals surface area (Å²) in [5.41, 5.74) is 3.95. The summed E-state index contributed by atoms with van der Waals surface area (Å²) in [7, 11) is 0. The number of hydrazone groups is 1. The summed E-state index contributed by atoms with van der Waals surface area (Å²) < 4.78 is 6.22. The first-order valence-electron chi connectivity index (χ1n) is 7.80. The maximum atomic E-state index is 12.0. The molecule has 2 rings (SSSR count). The molecule has 0 saturated heterocycles. The monoisotopic (exact) mass is 405 g/mol. The second kappa shape index (κ2) is 9.08. The third-order valence-corrected chi connectivity index (χ3v) is 3.82. The van der Waals surface area contributed by atoms with Crippen LogP contribution in [0.5, 0.6) is 11.5 Å². The first-order chi connectivity index (χ1) is 12.0. The number of ether oxygens (including phenoxy) is 1. The zero-order chi connectivity index (χ0) is 18.2. The molecule has 0 aromatic heterocycles. The van der Waals surface area contributed by atoms with E-state index in [9.17, 15) is 9.90 Å². The minimum absolute atomic E-state index is 0.0300. The van der Waals surface area contributed by atoms with Crippen LogP contribution >= 0.6 is 15.9 Å². The molecule has 7 heteroatoms. The molecule has 0 aliphatic rings. The van der Waals surface area contributed by atoms with Crippen LogP contribution < -0.4 is 15.5 Å². The predicted octanol–water partition coefficient (Wildman–Crippen LogP) is 3.50. The van der Waals surface area contributed by atoms with Gasteiger partial charge in [-0.2, -0.15) is 5.10 Å². The summed E-state index contributed by atoms with van der Waals surface area (Å²) in [6.45, 7) is 4.06. The predicted molar refractivity (Wildman–Crippen MR) is 102 cm³/mol. The third-order valence-electron chi connectivity index (χ3n) is 3.29. The lowest BCUT2D eigenvalue weighted by molar-refractivity contribution is -0.121. The van der Waals surface area contributed by atoms with E-state index in [1.54, 1.807) is 19.1 Å². The van der Waals surface area contributed by atoms with Gasteiger partial charge in [-0.1, -0.05) is 15.9 Å². The number of hydrogen-bond acceptors (Lipinski definition) is 5. The number of aromatic hydroxyl groups is 1. The number of hydrogen-bond donors (Lipinski definition) is 3. The highest BCUT2D eigenvalue weighted by molar-refractivity contribution is 9.10. The maximum Gasteiger partial charge on any atom is 0.262 e. The fourth-order valence-electron chi connectivity index (χ4n) is 2.02. The Morgan fingerprint density at radius 3 is 2.68 bits per heavy atom. The topological polar surface area (TPSA) is 83.0 Å². The number of nitrogens with one attached hydrogen (secondary N) is 2. The minimum atomic E-state index is -0.452. The van der Waals surface area contributed by atoms with E-state index in [2.05, 4.69) is 31.8 Å². The fourth-order valence-corrected chi connectivity index (χ4v) is 2.29. The second-order valence-corrected chi connectivity index (χ2v) is 6.18. The van der Waals surface area contributed by atoms with Crippen LogP contribution in [0.4, 0.5) is 5.69 Å². The largest absolute Gasteiger partial charge is 0.504 e. The van der Waals surface area contributed by atoms with Crippen LogP contribution in [0.15, 0.2) is 52.0 Å². The van der Waals surface area contributed by atoms with Crippen LogP contribution in [0, 0.1) is 0 Å². The fraction of sp³-hybridized carbons (Fsp3) is 0.222. The van der Waals surface area contributed by atoms with Crippen LogP contribution in [-0.2, 0) is 4.79 Å². The smallest absolute Gasteiger partial charge is 0.262 e. The van der Waals surface area contributed by atoms with Gasteiger partial charge in [0.05, 0.1) is 12.8 Å². The number of benzene rings is 2. The lowest BCUT2D eigenvalue weighted by atomic mass is 10.2. The number of carbonyl (C=O) groups excluding carboxylic acids is 1. The molecule has 0 spiro atoms. The van der Waals surface area contributed by atoms with Gasteiger partial charge in [0.1, 0.15) is 6.04 Å².